The van der Waals surface area contributed by atoms with Gasteiger partial charge < -0.3 is 30.3 Å². The number of carbonyl (C=O) groups excluding carboxylic acids is 2. The van der Waals surface area contributed by atoms with Gasteiger partial charge in [0.05, 0.1) is 11.1 Å². The third kappa shape index (κ3) is 8.12. The summed E-state index contributed by atoms with van der Waals surface area (Å²) in [5.74, 6) is -3.86. The van der Waals surface area contributed by atoms with Gasteiger partial charge in [0.15, 0.2) is 11.6 Å². The van der Waals surface area contributed by atoms with Gasteiger partial charge in [-0.2, -0.15) is 13.2 Å². The molecule has 39 heavy (non-hydrogen) atoms. The molecule has 1 unspecified atom stereocenters. The third-order valence-electron chi connectivity index (χ3n) is 5.21. The maximum atomic E-state index is 14.2. The summed E-state index contributed by atoms with van der Waals surface area (Å²) in [6.07, 6.45) is -5.99. The van der Waals surface area contributed by atoms with E-state index < -0.39 is 60.3 Å². The highest BCUT2D eigenvalue weighted by atomic mass is 19.4. The van der Waals surface area contributed by atoms with Crippen molar-refractivity contribution in [2.24, 2.45) is 0 Å². The highest BCUT2D eigenvalue weighted by Gasteiger charge is 2.32. The molecule has 8 nitrogen and oxygen atoms in total. The van der Waals surface area contributed by atoms with Gasteiger partial charge in [0.25, 0.3) is 5.91 Å². The summed E-state index contributed by atoms with van der Waals surface area (Å²) in [5, 5.41) is 23.1. The lowest BCUT2D eigenvalue weighted by Crippen LogP contribution is -2.36. The van der Waals surface area contributed by atoms with Crippen molar-refractivity contribution in [3.8, 4) is 17.2 Å². The molecule has 0 saturated heterocycles. The Morgan fingerprint density at radius 1 is 0.974 bits per heavy atom. The molecule has 0 radical (unpaired) electrons. The predicted molar refractivity (Wildman–Crippen MR) is 129 cm³/mol. The standard InChI is InChI=1S/C26H23F5N2O6/c1-14-8-16(27)3-7-21(14)39-22-9-15(26(29,30)31)2-5-19(22)25(37)33-17-4-6-20(28)23(10-17)38-13-18(35)11-32-24(36)12-34/h2-10,18,34-35H,11-13H2,1H3,(H,32,36)(H,33,37). The lowest BCUT2D eigenvalue weighted by atomic mass is 10.1. The molecular weight excluding hydrogens is 531 g/mol. The zero-order chi connectivity index (χ0) is 28.7. The average Bonchev–Trinajstić information content (AvgIpc) is 2.88. The van der Waals surface area contributed by atoms with Gasteiger partial charge in [0, 0.05) is 18.3 Å². The number of aryl methyl sites for hydroxylation is 1. The maximum Gasteiger partial charge on any atom is 0.416 e. The van der Waals surface area contributed by atoms with Crippen molar-refractivity contribution in [3.05, 3.63) is 82.9 Å². The first-order valence-electron chi connectivity index (χ1n) is 11.3. The molecule has 13 heteroatoms. The summed E-state index contributed by atoms with van der Waals surface area (Å²) in [5.41, 5.74) is -1.10. The van der Waals surface area contributed by atoms with E-state index in [1.165, 1.54) is 19.1 Å². The van der Waals surface area contributed by atoms with E-state index in [1.807, 2.05) is 0 Å². The molecule has 0 heterocycles. The van der Waals surface area contributed by atoms with Gasteiger partial charge in [0.1, 0.15) is 36.6 Å². The van der Waals surface area contributed by atoms with Crippen LogP contribution in [0.15, 0.2) is 54.6 Å². The number of amides is 2. The number of benzene rings is 3. The van der Waals surface area contributed by atoms with Crippen molar-refractivity contribution in [3.63, 3.8) is 0 Å². The zero-order valence-corrected chi connectivity index (χ0v) is 20.3. The van der Waals surface area contributed by atoms with E-state index >= 15 is 0 Å². The number of nitrogens with one attached hydrogen (secondary N) is 2. The first-order chi connectivity index (χ1) is 18.4. The van der Waals surface area contributed by atoms with Crippen LogP contribution in [0.3, 0.4) is 0 Å². The van der Waals surface area contributed by atoms with Crippen LogP contribution in [0.1, 0.15) is 21.5 Å². The van der Waals surface area contributed by atoms with Crippen molar-refractivity contribution in [1.29, 1.82) is 0 Å². The van der Waals surface area contributed by atoms with E-state index in [1.54, 1.807) is 0 Å². The van der Waals surface area contributed by atoms with Crippen molar-refractivity contribution in [1.82, 2.24) is 5.32 Å². The molecule has 0 spiro atoms. The number of alkyl halides is 3. The van der Waals surface area contributed by atoms with E-state index in [2.05, 4.69) is 10.6 Å². The van der Waals surface area contributed by atoms with Crippen molar-refractivity contribution in [2.45, 2.75) is 19.2 Å². The van der Waals surface area contributed by atoms with Gasteiger partial charge in [-0.05, 0) is 61.0 Å². The summed E-state index contributed by atoms with van der Waals surface area (Å²) in [4.78, 5) is 24.0. The number of rotatable bonds is 10. The average molecular weight is 554 g/mol. The monoisotopic (exact) mass is 554 g/mol. The zero-order valence-electron chi connectivity index (χ0n) is 20.3. The molecule has 3 aromatic rings. The molecule has 0 aliphatic carbocycles. The number of aliphatic hydroxyl groups is 2. The quantitative estimate of drug-likeness (QED) is 0.280. The summed E-state index contributed by atoms with van der Waals surface area (Å²) in [6.45, 7) is -0.0297. The Kier molecular flexibility index (Phi) is 9.43. The van der Waals surface area contributed by atoms with Crippen LogP contribution in [0.25, 0.3) is 0 Å². The second kappa shape index (κ2) is 12.5. The van der Waals surface area contributed by atoms with Gasteiger partial charge in [0.2, 0.25) is 5.91 Å². The van der Waals surface area contributed by atoms with Crippen LogP contribution in [0.2, 0.25) is 0 Å². The number of hydrogen-bond donors (Lipinski definition) is 4. The molecular formula is C26H23F5N2O6. The minimum absolute atomic E-state index is 0.00304. The Hall–Kier alpha value is -4.23. The molecule has 3 rings (SSSR count). The summed E-state index contributed by atoms with van der Waals surface area (Å²) in [7, 11) is 0. The van der Waals surface area contributed by atoms with E-state index in [0.717, 1.165) is 30.3 Å². The van der Waals surface area contributed by atoms with E-state index in [9.17, 15) is 36.6 Å². The van der Waals surface area contributed by atoms with Crippen LogP contribution in [-0.2, 0) is 11.0 Å². The molecule has 1 atom stereocenters. The van der Waals surface area contributed by atoms with E-state index in [-0.39, 0.29) is 34.9 Å². The Labute approximate surface area is 219 Å². The van der Waals surface area contributed by atoms with E-state index in [0.29, 0.717) is 12.1 Å². The first kappa shape index (κ1) is 29.3. The molecule has 0 bridgehead atoms. The first-order valence-corrected chi connectivity index (χ1v) is 11.3. The van der Waals surface area contributed by atoms with Crippen LogP contribution in [0, 0.1) is 18.6 Å². The second-order valence-electron chi connectivity index (χ2n) is 8.25. The molecule has 0 aromatic heterocycles. The van der Waals surface area contributed by atoms with Crippen LogP contribution in [0.4, 0.5) is 27.6 Å². The maximum absolute atomic E-state index is 14.2. The Morgan fingerprint density at radius 3 is 2.38 bits per heavy atom. The third-order valence-corrected chi connectivity index (χ3v) is 5.21. The molecule has 3 aromatic carbocycles. The fourth-order valence-electron chi connectivity index (χ4n) is 3.24. The molecule has 0 aliphatic heterocycles. The van der Waals surface area contributed by atoms with Crippen LogP contribution in [-0.4, -0.2) is 47.9 Å². The molecule has 4 N–H and O–H groups in total. The number of carbonyl (C=O) groups is 2. The van der Waals surface area contributed by atoms with Gasteiger partial charge in [-0.3, -0.25) is 9.59 Å². The Bertz CT molecular complexity index is 1350. The number of halogens is 5. The normalized spacial score (nSPS) is 12.0. The largest absolute Gasteiger partial charge is 0.488 e. The van der Waals surface area contributed by atoms with Crippen molar-refractivity contribution in [2.75, 3.05) is 25.1 Å². The van der Waals surface area contributed by atoms with Crippen LogP contribution in [0.5, 0.6) is 17.2 Å². The topological polar surface area (TPSA) is 117 Å². The minimum Gasteiger partial charge on any atom is -0.488 e. The number of anilines is 1. The lowest BCUT2D eigenvalue weighted by Gasteiger charge is -2.16. The van der Waals surface area contributed by atoms with Crippen molar-refractivity contribution >= 4 is 17.5 Å². The van der Waals surface area contributed by atoms with Gasteiger partial charge >= 0.3 is 6.18 Å². The predicted octanol–water partition coefficient (Wildman–Crippen LogP) is 4.18. The second-order valence-corrected chi connectivity index (χ2v) is 8.25. The summed E-state index contributed by atoms with van der Waals surface area (Å²) in [6, 6.07) is 8.81. The lowest BCUT2D eigenvalue weighted by molar-refractivity contribution is -0.137. The molecule has 2 amide bonds. The van der Waals surface area contributed by atoms with Crippen molar-refractivity contribution < 1.29 is 51.2 Å². The fraction of sp³-hybridized carbons (Fsp3) is 0.231. The van der Waals surface area contributed by atoms with Crippen LogP contribution < -0.4 is 20.1 Å². The SMILES string of the molecule is Cc1cc(F)ccc1Oc1cc(C(F)(F)F)ccc1C(=O)Nc1ccc(F)c(OCC(O)CNC(=O)CO)c1. The Balaban J connectivity index is 1.81. The highest BCUT2D eigenvalue weighted by molar-refractivity contribution is 6.06. The van der Waals surface area contributed by atoms with Gasteiger partial charge in [-0.15, -0.1) is 0 Å². The van der Waals surface area contributed by atoms with Gasteiger partial charge in [-0.25, -0.2) is 8.78 Å². The summed E-state index contributed by atoms with van der Waals surface area (Å²) >= 11 is 0. The summed E-state index contributed by atoms with van der Waals surface area (Å²) < 4.78 is 78.4. The number of ether oxygens (including phenoxy) is 2. The van der Waals surface area contributed by atoms with E-state index in [4.69, 9.17) is 14.6 Å². The van der Waals surface area contributed by atoms with Gasteiger partial charge in [-0.1, -0.05) is 0 Å². The Morgan fingerprint density at radius 2 is 1.72 bits per heavy atom. The number of hydrogen-bond acceptors (Lipinski definition) is 6. The molecule has 0 fully saturated rings. The molecule has 0 saturated carbocycles. The molecule has 208 valence electrons. The minimum atomic E-state index is -4.74. The molecule has 0 aliphatic rings. The highest BCUT2D eigenvalue weighted by Crippen LogP contribution is 2.36. The smallest absolute Gasteiger partial charge is 0.416 e. The fourth-order valence-corrected chi connectivity index (χ4v) is 3.24. The number of aliphatic hydroxyl groups excluding tert-OH is 2. The van der Waals surface area contributed by atoms with Crippen LogP contribution >= 0.6 is 0 Å².